The summed E-state index contributed by atoms with van der Waals surface area (Å²) in [4.78, 5) is 16.2. The predicted molar refractivity (Wildman–Crippen MR) is 108 cm³/mol. The number of halogens is 4. The lowest BCUT2D eigenvalue weighted by atomic mass is 10.1. The summed E-state index contributed by atoms with van der Waals surface area (Å²) >= 11 is 0. The molecule has 0 spiro atoms. The lowest BCUT2D eigenvalue weighted by Gasteiger charge is -2.12. The Labute approximate surface area is 172 Å². The number of urea groups is 1. The molecule has 10 heteroatoms. The normalized spacial score (nSPS) is 11.5. The van der Waals surface area contributed by atoms with Gasteiger partial charge in [0.25, 0.3) is 0 Å². The lowest BCUT2D eigenvalue weighted by molar-refractivity contribution is -0.137. The molecule has 31 heavy (non-hydrogen) atoms. The first-order valence-electron chi connectivity index (χ1n) is 8.89. The molecule has 2 aromatic heterocycles. The van der Waals surface area contributed by atoms with Crippen LogP contribution in [0.25, 0.3) is 22.1 Å². The maximum atomic E-state index is 13.8. The minimum absolute atomic E-state index is 0.311. The number of fused-ring (bicyclic) bond motifs is 1. The number of nitrogens with two attached hydrogens (primary N) is 1. The van der Waals surface area contributed by atoms with Gasteiger partial charge in [-0.2, -0.15) is 13.2 Å². The number of carbonyl (C=O) groups excluding carboxylic acids is 1. The number of nitrogen functional groups attached to an aromatic ring is 1. The summed E-state index contributed by atoms with van der Waals surface area (Å²) in [6.07, 6.45) is -1.59. The van der Waals surface area contributed by atoms with E-state index < -0.39 is 29.3 Å². The lowest BCUT2D eigenvalue weighted by Crippen LogP contribution is -2.20. The van der Waals surface area contributed by atoms with Gasteiger partial charge in [-0.3, -0.25) is 0 Å². The first-order chi connectivity index (χ1) is 14.7. The summed E-state index contributed by atoms with van der Waals surface area (Å²) in [5, 5.41) is 5.17. The van der Waals surface area contributed by atoms with Crippen LogP contribution in [0.2, 0.25) is 0 Å². The van der Waals surface area contributed by atoms with E-state index in [1.165, 1.54) is 12.5 Å². The van der Waals surface area contributed by atoms with Gasteiger partial charge in [0, 0.05) is 17.4 Å². The zero-order valence-corrected chi connectivity index (χ0v) is 15.6. The summed E-state index contributed by atoms with van der Waals surface area (Å²) in [5.74, 6) is -0.678. The van der Waals surface area contributed by atoms with Crippen molar-refractivity contribution in [3.05, 3.63) is 72.4 Å². The van der Waals surface area contributed by atoms with Crippen molar-refractivity contribution in [2.45, 2.75) is 6.18 Å². The molecule has 4 aromatic rings. The van der Waals surface area contributed by atoms with Crippen molar-refractivity contribution >= 4 is 34.2 Å². The van der Waals surface area contributed by atoms with Crippen molar-refractivity contribution in [1.29, 1.82) is 0 Å². The number of carbonyl (C=O) groups is 1. The summed E-state index contributed by atoms with van der Waals surface area (Å²) in [6, 6.07) is 9.08. The predicted octanol–water partition coefficient (Wildman–Crippen LogP) is 5.88. The van der Waals surface area contributed by atoms with Gasteiger partial charge in [-0.1, -0.05) is 12.1 Å². The van der Waals surface area contributed by atoms with Gasteiger partial charge in [0.2, 0.25) is 0 Å². The molecule has 158 valence electrons. The third kappa shape index (κ3) is 4.13. The SMILES string of the molecule is Nc1nccc2occ(-c3ccc(NC(=O)Nc4cc(C(F)(F)F)ccc4F)cc3)c12. The maximum absolute atomic E-state index is 13.8. The molecule has 6 nitrogen and oxygen atoms in total. The molecule has 2 aromatic carbocycles. The Kier molecular flexibility index (Phi) is 4.97. The topological polar surface area (TPSA) is 93.2 Å². The molecule has 0 saturated heterocycles. The van der Waals surface area contributed by atoms with E-state index in [4.69, 9.17) is 10.2 Å². The van der Waals surface area contributed by atoms with E-state index in [1.54, 1.807) is 30.3 Å². The smallest absolute Gasteiger partial charge is 0.416 e. The molecular weight excluding hydrogens is 416 g/mol. The Bertz CT molecular complexity index is 1270. The highest BCUT2D eigenvalue weighted by molar-refractivity contribution is 6.02. The molecule has 0 aliphatic rings. The van der Waals surface area contributed by atoms with Crippen molar-refractivity contribution < 1.29 is 26.8 Å². The van der Waals surface area contributed by atoms with Crippen molar-refractivity contribution in [2.24, 2.45) is 0 Å². The molecule has 0 aliphatic carbocycles. The van der Waals surface area contributed by atoms with Crippen LogP contribution >= 0.6 is 0 Å². The molecule has 2 heterocycles. The van der Waals surface area contributed by atoms with Crippen LogP contribution in [-0.2, 0) is 6.18 Å². The Morgan fingerprint density at radius 1 is 1.03 bits per heavy atom. The molecule has 0 aliphatic heterocycles. The number of amides is 2. The van der Waals surface area contributed by atoms with Crippen molar-refractivity contribution in [2.75, 3.05) is 16.4 Å². The molecule has 0 unspecified atom stereocenters. The number of alkyl halides is 3. The Morgan fingerprint density at radius 3 is 2.48 bits per heavy atom. The van der Waals surface area contributed by atoms with Crippen molar-refractivity contribution in [1.82, 2.24) is 4.98 Å². The number of nitrogens with one attached hydrogen (secondary N) is 2. The van der Waals surface area contributed by atoms with Gasteiger partial charge in [-0.15, -0.1) is 0 Å². The zero-order chi connectivity index (χ0) is 22.2. The van der Waals surface area contributed by atoms with Crippen LogP contribution in [0, 0.1) is 5.82 Å². The van der Waals surface area contributed by atoms with E-state index in [2.05, 4.69) is 15.6 Å². The highest BCUT2D eigenvalue weighted by Crippen LogP contribution is 2.34. The molecule has 4 N–H and O–H groups in total. The number of pyridine rings is 1. The number of anilines is 3. The fourth-order valence-corrected chi connectivity index (χ4v) is 3.04. The molecule has 0 bridgehead atoms. The van der Waals surface area contributed by atoms with Crippen LogP contribution in [-0.4, -0.2) is 11.0 Å². The Morgan fingerprint density at radius 2 is 1.77 bits per heavy atom. The van der Waals surface area contributed by atoms with Crippen LogP contribution in [0.1, 0.15) is 5.56 Å². The minimum atomic E-state index is -4.66. The second kappa shape index (κ2) is 7.63. The Hall–Kier alpha value is -4.08. The second-order valence-corrected chi connectivity index (χ2v) is 6.57. The first kappa shape index (κ1) is 20.2. The molecule has 0 radical (unpaired) electrons. The monoisotopic (exact) mass is 430 g/mol. The molecule has 0 saturated carbocycles. The largest absolute Gasteiger partial charge is 0.463 e. The van der Waals surface area contributed by atoms with E-state index in [0.717, 1.165) is 5.56 Å². The van der Waals surface area contributed by atoms with Gasteiger partial charge < -0.3 is 20.8 Å². The fourth-order valence-electron chi connectivity index (χ4n) is 3.04. The Balaban J connectivity index is 1.50. The summed E-state index contributed by atoms with van der Waals surface area (Å²) < 4.78 is 57.6. The van der Waals surface area contributed by atoms with Gasteiger partial charge >= 0.3 is 12.2 Å². The number of aromatic nitrogens is 1. The van der Waals surface area contributed by atoms with Gasteiger partial charge in [0.1, 0.15) is 17.2 Å². The molecule has 0 fully saturated rings. The average Bonchev–Trinajstić information content (AvgIpc) is 3.15. The molecule has 4 rings (SSSR count). The number of hydrogen-bond donors (Lipinski definition) is 3. The number of hydrogen-bond acceptors (Lipinski definition) is 4. The van der Waals surface area contributed by atoms with E-state index in [-0.39, 0.29) is 0 Å². The summed E-state index contributed by atoms with van der Waals surface area (Å²) in [7, 11) is 0. The highest BCUT2D eigenvalue weighted by atomic mass is 19.4. The van der Waals surface area contributed by atoms with Gasteiger partial charge in [0.05, 0.1) is 22.9 Å². The third-order valence-corrected chi connectivity index (χ3v) is 4.51. The minimum Gasteiger partial charge on any atom is -0.463 e. The van der Waals surface area contributed by atoms with Crippen LogP contribution < -0.4 is 16.4 Å². The van der Waals surface area contributed by atoms with Crippen molar-refractivity contribution in [3.8, 4) is 11.1 Å². The highest BCUT2D eigenvalue weighted by Gasteiger charge is 2.31. The van der Waals surface area contributed by atoms with Crippen LogP contribution in [0.5, 0.6) is 0 Å². The van der Waals surface area contributed by atoms with Crippen LogP contribution in [0.15, 0.2) is 65.4 Å². The quantitative estimate of drug-likeness (QED) is 0.354. The number of benzene rings is 2. The third-order valence-electron chi connectivity index (χ3n) is 4.51. The summed E-state index contributed by atoms with van der Waals surface area (Å²) in [6.45, 7) is 0. The van der Waals surface area contributed by atoms with E-state index in [9.17, 15) is 22.4 Å². The van der Waals surface area contributed by atoms with E-state index in [1.807, 2.05) is 0 Å². The van der Waals surface area contributed by atoms with Gasteiger partial charge in [-0.25, -0.2) is 14.2 Å². The van der Waals surface area contributed by atoms with E-state index in [0.29, 0.717) is 46.2 Å². The van der Waals surface area contributed by atoms with Crippen molar-refractivity contribution in [3.63, 3.8) is 0 Å². The number of furan rings is 1. The molecule has 0 atom stereocenters. The van der Waals surface area contributed by atoms with Gasteiger partial charge in [0.15, 0.2) is 0 Å². The number of rotatable bonds is 3. The second-order valence-electron chi connectivity index (χ2n) is 6.57. The van der Waals surface area contributed by atoms with E-state index >= 15 is 0 Å². The maximum Gasteiger partial charge on any atom is 0.416 e. The summed E-state index contributed by atoms with van der Waals surface area (Å²) in [5.41, 5.74) is 6.63. The molecular formula is C21H14F4N4O2. The van der Waals surface area contributed by atoms with Crippen LogP contribution in [0.3, 0.4) is 0 Å². The van der Waals surface area contributed by atoms with Crippen LogP contribution in [0.4, 0.5) is 39.5 Å². The fraction of sp³-hybridized carbons (Fsp3) is 0.0476. The standard InChI is InChI=1S/C21H14F4N4O2/c22-15-6-3-12(21(23,24)25)9-16(15)29-20(30)28-13-4-1-11(2-5-13)14-10-31-17-7-8-27-19(26)18(14)17/h1-10H,(H2,26,27)(H2,28,29,30). The first-order valence-corrected chi connectivity index (χ1v) is 8.89. The zero-order valence-electron chi connectivity index (χ0n) is 15.6. The average molecular weight is 430 g/mol. The number of nitrogens with zero attached hydrogens (tertiary/aromatic N) is 1. The molecule has 2 amide bonds. The van der Waals surface area contributed by atoms with Gasteiger partial charge in [-0.05, 0) is 42.0 Å².